The molecule has 34 heavy (non-hydrogen) atoms. The number of esters is 1. The van der Waals surface area contributed by atoms with E-state index in [1.54, 1.807) is 12.1 Å². The minimum Gasteiger partial charge on any atom is -0.461 e. The fraction of sp³-hybridized carbons (Fsp3) is 0.481. The molecule has 0 spiro atoms. The van der Waals surface area contributed by atoms with Crippen LogP contribution < -0.4 is 0 Å². The maximum absolute atomic E-state index is 13.5. The van der Waals surface area contributed by atoms with Crippen molar-refractivity contribution in [1.82, 2.24) is 9.80 Å². The molecular weight excluding hydrogens is 438 g/mol. The second kappa shape index (κ2) is 9.45. The zero-order valence-electron chi connectivity index (χ0n) is 19.3. The number of piperazine rings is 1. The lowest BCUT2D eigenvalue weighted by atomic mass is 10.1. The SMILES string of the molecule is C[C@H](CN1CCN(C(=O)[C@@H]2C[C@@H]2c2cccc(F)c2)CC1)OC(=O)[C@@H]1C[C@H]1c1cccc(F)c1. The van der Waals surface area contributed by atoms with E-state index in [1.165, 1.54) is 24.3 Å². The Balaban J connectivity index is 1.04. The number of halogens is 2. The van der Waals surface area contributed by atoms with Crippen LogP contribution in [0.2, 0.25) is 0 Å². The van der Waals surface area contributed by atoms with Crippen LogP contribution in [-0.4, -0.2) is 60.5 Å². The fourth-order valence-electron chi connectivity index (χ4n) is 5.21. The number of rotatable bonds is 7. The first kappa shape index (κ1) is 23.0. The van der Waals surface area contributed by atoms with E-state index in [-0.39, 0.29) is 53.3 Å². The molecule has 1 heterocycles. The summed E-state index contributed by atoms with van der Waals surface area (Å²) in [4.78, 5) is 29.5. The molecular formula is C27H30F2N2O3. The Hall–Kier alpha value is -2.80. The Labute approximate surface area is 198 Å². The van der Waals surface area contributed by atoms with Crippen LogP contribution in [0, 0.1) is 23.5 Å². The summed E-state index contributed by atoms with van der Waals surface area (Å²) in [7, 11) is 0. The third-order valence-corrected chi connectivity index (χ3v) is 7.27. The van der Waals surface area contributed by atoms with Crippen molar-refractivity contribution in [2.24, 2.45) is 11.8 Å². The van der Waals surface area contributed by atoms with E-state index < -0.39 is 0 Å². The van der Waals surface area contributed by atoms with Gasteiger partial charge in [-0.3, -0.25) is 14.5 Å². The summed E-state index contributed by atoms with van der Waals surface area (Å²) in [5, 5.41) is 0. The van der Waals surface area contributed by atoms with Crippen molar-refractivity contribution in [3.63, 3.8) is 0 Å². The van der Waals surface area contributed by atoms with Gasteiger partial charge in [0.15, 0.2) is 0 Å². The first-order chi connectivity index (χ1) is 16.4. The maximum Gasteiger partial charge on any atom is 0.309 e. The number of carbonyl (C=O) groups is 2. The fourth-order valence-corrected chi connectivity index (χ4v) is 5.21. The van der Waals surface area contributed by atoms with Crippen LogP contribution in [0.3, 0.4) is 0 Å². The summed E-state index contributed by atoms with van der Waals surface area (Å²) in [6.07, 6.45) is 1.24. The lowest BCUT2D eigenvalue weighted by Gasteiger charge is -2.36. The molecule has 3 aliphatic rings. The predicted octanol–water partition coefficient (Wildman–Crippen LogP) is 3.95. The van der Waals surface area contributed by atoms with Crippen molar-refractivity contribution >= 4 is 11.9 Å². The van der Waals surface area contributed by atoms with Crippen molar-refractivity contribution in [2.45, 2.75) is 37.7 Å². The highest BCUT2D eigenvalue weighted by molar-refractivity contribution is 5.83. The van der Waals surface area contributed by atoms with Gasteiger partial charge in [-0.1, -0.05) is 24.3 Å². The van der Waals surface area contributed by atoms with E-state index in [0.717, 1.165) is 30.6 Å². The Morgan fingerprint density at radius 3 is 2.06 bits per heavy atom. The number of amides is 1. The molecule has 2 aromatic rings. The van der Waals surface area contributed by atoms with Crippen molar-refractivity contribution in [2.75, 3.05) is 32.7 Å². The summed E-state index contributed by atoms with van der Waals surface area (Å²) in [6, 6.07) is 13.0. The third-order valence-electron chi connectivity index (χ3n) is 7.27. The Morgan fingerprint density at radius 1 is 0.912 bits per heavy atom. The summed E-state index contributed by atoms with van der Waals surface area (Å²) < 4.78 is 32.6. The quantitative estimate of drug-likeness (QED) is 0.578. The highest BCUT2D eigenvalue weighted by atomic mass is 19.1. The molecule has 2 aliphatic carbocycles. The monoisotopic (exact) mass is 468 g/mol. The van der Waals surface area contributed by atoms with Gasteiger partial charge in [0.1, 0.15) is 17.7 Å². The Bertz CT molecular complexity index is 1070. The minimum absolute atomic E-state index is 0.0437. The molecule has 0 radical (unpaired) electrons. The Morgan fingerprint density at radius 2 is 1.47 bits per heavy atom. The molecule has 5 nitrogen and oxygen atoms in total. The molecule has 1 aliphatic heterocycles. The predicted molar refractivity (Wildman–Crippen MR) is 123 cm³/mol. The smallest absolute Gasteiger partial charge is 0.309 e. The van der Waals surface area contributed by atoms with Crippen LogP contribution in [0.5, 0.6) is 0 Å². The first-order valence-corrected chi connectivity index (χ1v) is 12.1. The Kier molecular flexibility index (Phi) is 6.38. The van der Waals surface area contributed by atoms with Crippen LogP contribution in [-0.2, 0) is 14.3 Å². The standard InChI is InChI=1S/C27H30F2N2O3/c1-17(34-27(33)25-15-23(25)19-5-3-7-21(29)13-19)16-30-8-10-31(11-9-30)26(32)24-14-22(24)18-4-2-6-20(28)12-18/h2-7,12-13,17,22-25H,8-11,14-16H2,1H3/t17-,22-,23+,24-,25-/m1/s1. The number of benzene rings is 2. The van der Waals surface area contributed by atoms with Crippen molar-refractivity contribution in [3.05, 3.63) is 71.3 Å². The van der Waals surface area contributed by atoms with E-state index in [9.17, 15) is 18.4 Å². The molecule has 0 N–H and O–H groups in total. The number of hydrogen-bond acceptors (Lipinski definition) is 4. The number of ether oxygens (including phenoxy) is 1. The highest BCUT2D eigenvalue weighted by Gasteiger charge is 2.47. The lowest BCUT2D eigenvalue weighted by Crippen LogP contribution is -2.51. The zero-order valence-corrected chi connectivity index (χ0v) is 19.3. The highest BCUT2D eigenvalue weighted by Crippen LogP contribution is 2.49. The molecule has 0 unspecified atom stereocenters. The van der Waals surface area contributed by atoms with Gasteiger partial charge >= 0.3 is 5.97 Å². The van der Waals surface area contributed by atoms with Crippen LogP contribution >= 0.6 is 0 Å². The van der Waals surface area contributed by atoms with Gasteiger partial charge in [-0.25, -0.2) is 8.78 Å². The molecule has 0 bridgehead atoms. The summed E-state index contributed by atoms with van der Waals surface area (Å²) in [6.45, 7) is 5.29. The molecule has 0 aromatic heterocycles. The van der Waals surface area contributed by atoms with Gasteiger partial charge in [-0.15, -0.1) is 0 Å². The second-order valence-corrected chi connectivity index (χ2v) is 9.88. The van der Waals surface area contributed by atoms with Gasteiger partial charge in [0, 0.05) is 38.6 Å². The molecule has 2 aromatic carbocycles. The lowest BCUT2D eigenvalue weighted by molar-refractivity contribution is -0.151. The van der Waals surface area contributed by atoms with Crippen LogP contribution in [0.25, 0.3) is 0 Å². The molecule has 5 rings (SSSR count). The van der Waals surface area contributed by atoms with Gasteiger partial charge in [-0.05, 0) is 67.0 Å². The summed E-state index contributed by atoms with van der Waals surface area (Å²) >= 11 is 0. The minimum atomic E-state index is -0.284. The molecule has 180 valence electrons. The van der Waals surface area contributed by atoms with Gasteiger partial charge in [0.05, 0.1) is 5.92 Å². The largest absolute Gasteiger partial charge is 0.461 e. The normalized spacial score (nSPS) is 27.2. The summed E-state index contributed by atoms with van der Waals surface area (Å²) in [5.74, 6) is -0.666. The molecule has 5 atom stereocenters. The summed E-state index contributed by atoms with van der Waals surface area (Å²) in [5.41, 5.74) is 1.76. The average Bonchev–Trinajstić information content (AvgIpc) is 3.73. The van der Waals surface area contributed by atoms with Gasteiger partial charge in [0.25, 0.3) is 0 Å². The second-order valence-electron chi connectivity index (χ2n) is 9.88. The van der Waals surface area contributed by atoms with Crippen LogP contribution in [0.1, 0.15) is 42.7 Å². The van der Waals surface area contributed by atoms with E-state index in [4.69, 9.17) is 4.74 Å². The average molecular weight is 469 g/mol. The zero-order chi connectivity index (χ0) is 23.8. The molecule has 1 amide bonds. The van der Waals surface area contributed by atoms with E-state index in [1.807, 2.05) is 24.0 Å². The topological polar surface area (TPSA) is 49.9 Å². The van der Waals surface area contributed by atoms with Crippen LogP contribution in [0.15, 0.2) is 48.5 Å². The number of hydrogen-bond donors (Lipinski definition) is 0. The molecule has 1 saturated heterocycles. The van der Waals surface area contributed by atoms with E-state index in [0.29, 0.717) is 26.1 Å². The van der Waals surface area contributed by atoms with Gasteiger partial charge in [0.2, 0.25) is 5.91 Å². The van der Waals surface area contributed by atoms with Crippen molar-refractivity contribution < 1.29 is 23.1 Å². The first-order valence-electron chi connectivity index (χ1n) is 12.1. The molecule has 2 saturated carbocycles. The van der Waals surface area contributed by atoms with E-state index in [2.05, 4.69) is 4.90 Å². The van der Waals surface area contributed by atoms with Crippen molar-refractivity contribution in [1.29, 1.82) is 0 Å². The van der Waals surface area contributed by atoms with Gasteiger partial charge < -0.3 is 9.64 Å². The molecule has 7 heteroatoms. The molecule has 3 fully saturated rings. The van der Waals surface area contributed by atoms with Gasteiger partial charge in [-0.2, -0.15) is 0 Å². The van der Waals surface area contributed by atoms with E-state index >= 15 is 0 Å². The number of nitrogens with zero attached hydrogens (tertiary/aromatic N) is 2. The van der Waals surface area contributed by atoms with Crippen LogP contribution in [0.4, 0.5) is 8.78 Å². The third kappa shape index (κ3) is 5.14. The van der Waals surface area contributed by atoms with Crippen molar-refractivity contribution in [3.8, 4) is 0 Å². The maximum atomic E-state index is 13.5. The number of carbonyl (C=O) groups excluding carboxylic acids is 2.